The molecule has 3 nitrogen and oxygen atoms in total. The highest BCUT2D eigenvalue weighted by molar-refractivity contribution is 7.13. The van der Waals surface area contributed by atoms with Crippen LogP contribution in [0, 0.1) is 6.92 Å². The third-order valence-corrected chi connectivity index (χ3v) is 6.47. The van der Waals surface area contributed by atoms with Gasteiger partial charge in [-0.3, -0.25) is 0 Å². The number of aromatic nitrogens is 1. The Kier molecular flexibility index (Phi) is 4.03. The normalized spacial score (nSPS) is 16.9. The lowest BCUT2D eigenvalue weighted by Gasteiger charge is -2.40. The van der Waals surface area contributed by atoms with Crippen LogP contribution in [0.3, 0.4) is 0 Å². The van der Waals surface area contributed by atoms with Gasteiger partial charge in [0.25, 0.3) is 0 Å². The van der Waals surface area contributed by atoms with Crippen LogP contribution >= 0.6 is 11.3 Å². The summed E-state index contributed by atoms with van der Waals surface area (Å²) >= 11 is 1.79. The van der Waals surface area contributed by atoms with Crippen LogP contribution in [0.2, 0.25) is 0 Å². The van der Waals surface area contributed by atoms with Gasteiger partial charge in [-0.2, -0.15) is 4.90 Å². The second-order valence-corrected chi connectivity index (χ2v) is 8.40. The van der Waals surface area contributed by atoms with Crippen LogP contribution < -0.4 is 14.4 Å². The van der Waals surface area contributed by atoms with Crippen molar-refractivity contribution < 1.29 is 4.57 Å². The molecule has 1 aliphatic heterocycles. The van der Waals surface area contributed by atoms with E-state index in [2.05, 4.69) is 109 Å². The summed E-state index contributed by atoms with van der Waals surface area (Å²) in [4.78, 5) is 5.02. The van der Waals surface area contributed by atoms with Crippen LogP contribution in [0.5, 0.6) is 0 Å². The topological polar surface area (TPSA) is 10.4 Å². The second-order valence-electron chi connectivity index (χ2n) is 7.53. The smallest absolute Gasteiger partial charge is 0.320 e. The zero-order chi connectivity index (χ0) is 18.5. The van der Waals surface area contributed by atoms with Gasteiger partial charge in [0.1, 0.15) is 6.20 Å². The van der Waals surface area contributed by atoms with E-state index in [1.807, 2.05) is 0 Å². The third-order valence-electron chi connectivity index (χ3n) is 5.52. The summed E-state index contributed by atoms with van der Waals surface area (Å²) in [5.74, 6) is 0. The molecule has 0 bridgehead atoms. The monoisotopic (exact) mass is 364 g/mol. The first-order valence-electron chi connectivity index (χ1n) is 9.10. The minimum absolute atomic E-state index is 0.120. The van der Waals surface area contributed by atoms with Gasteiger partial charge in [-0.25, -0.2) is 4.57 Å². The molecule has 0 N–H and O–H groups in total. The molecule has 0 saturated heterocycles. The van der Waals surface area contributed by atoms with Crippen LogP contribution in [0.15, 0.2) is 60.1 Å². The first-order chi connectivity index (χ1) is 12.4. The standard InChI is InChI=1S/C22H26N3S/c1-16-10-6-7-11-18(16)22(3,4)25-17(2)24(21-23(5)14-15-26-21)19-12-8-9-13-20(19)25/h6-15,17H,1-5H3/q+1/t17-/m1/s1. The molecular formula is C22H26N3S+. The predicted molar refractivity (Wildman–Crippen MR) is 110 cm³/mol. The Labute approximate surface area is 160 Å². The molecule has 0 saturated carbocycles. The van der Waals surface area contributed by atoms with E-state index in [4.69, 9.17) is 0 Å². The molecule has 26 heavy (non-hydrogen) atoms. The van der Waals surface area contributed by atoms with Crippen molar-refractivity contribution in [3.8, 4) is 0 Å². The SMILES string of the molecule is Cc1ccccc1C(C)(C)N1c2ccccc2N(c2scc[n+]2C)[C@H]1C. The lowest BCUT2D eigenvalue weighted by atomic mass is 9.88. The number of para-hydroxylation sites is 2. The van der Waals surface area contributed by atoms with Crippen molar-refractivity contribution in [3.63, 3.8) is 0 Å². The largest absolute Gasteiger partial charge is 0.342 e. The minimum atomic E-state index is -0.120. The summed E-state index contributed by atoms with van der Waals surface area (Å²) in [6.07, 6.45) is 2.36. The number of anilines is 3. The van der Waals surface area contributed by atoms with Crippen LogP contribution in [-0.4, -0.2) is 6.17 Å². The number of rotatable bonds is 3. The maximum absolute atomic E-state index is 2.56. The predicted octanol–water partition coefficient (Wildman–Crippen LogP) is 5.12. The zero-order valence-electron chi connectivity index (χ0n) is 16.1. The van der Waals surface area contributed by atoms with Gasteiger partial charge in [-0.1, -0.05) is 47.7 Å². The molecule has 0 amide bonds. The number of hydrogen-bond acceptors (Lipinski definition) is 3. The Bertz CT molecular complexity index is 944. The molecular weight excluding hydrogens is 338 g/mol. The highest BCUT2D eigenvalue weighted by atomic mass is 32.1. The number of fused-ring (bicyclic) bond motifs is 1. The summed E-state index contributed by atoms with van der Waals surface area (Å²) in [7, 11) is 2.12. The Morgan fingerprint density at radius 3 is 2.31 bits per heavy atom. The molecule has 0 radical (unpaired) electrons. The fraction of sp³-hybridized carbons (Fsp3) is 0.318. The van der Waals surface area contributed by atoms with Crippen LogP contribution in [0.25, 0.3) is 0 Å². The van der Waals surface area contributed by atoms with E-state index in [0.717, 1.165) is 0 Å². The molecule has 4 rings (SSSR count). The Morgan fingerprint density at radius 2 is 1.65 bits per heavy atom. The molecule has 0 spiro atoms. The van der Waals surface area contributed by atoms with Crippen LogP contribution in [0.4, 0.5) is 16.5 Å². The summed E-state index contributed by atoms with van der Waals surface area (Å²) in [6, 6.07) is 17.5. The van der Waals surface area contributed by atoms with E-state index in [-0.39, 0.29) is 11.7 Å². The quantitative estimate of drug-likeness (QED) is 0.597. The second kappa shape index (κ2) is 6.13. The van der Waals surface area contributed by atoms with Gasteiger partial charge in [0.15, 0.2) is 11.9 Å². The number of aryl methyl sites for hydroxylation is 2. The van der Waals surface area contributed by atoms with Gasteiger partial charge in [0, 0.05) is 5.38 Å². The maximum Gasteiger partial charge on any atom is 0.342 e. The molecule has 0 unspecified atom stereocenters. The zero-order valence-corrected chi connectivity index (χ0v) is 16.9. The number of nitrogens with zero attached hydrogens (tertiary/aromatic N) is 3. The molecule has 4 heteroatoms. The van der Waals surface area contributed by atoms with Crippen molar-refractivity contribution in [2.45, 2.75) is 39.4 Å². The van der Waals surface area contributed by atoms with Crippen LogP contribution in [0.1, 0.15) is 31.9 Å². The summed E-state index contributed by atoms with van der Waals surface area (Å²) in [5, 5.41) is 3.41. The molecule has 2 aromatic carbocycles. The van der Waals surface area contributed by atoms with E-state index in [9.17, 15) is 0 Å². The average molecular weight is 365 g/mol. The molecule has 1 aromatic heterocycles. The highest BCUT2D eigenvalue weighted by Gasteiger charge is 2.48. The lowest BCUT2D eigenvalue weighted by molar-refractivity contribution is -0.654. The minimum Gasteiger partial charge on any atom is -0.320 e. The van der Waals surface area contributed by atoms with Crippen molar-refractivity contribution in [1.82, 2.24) is 0 Å². The third kappa shape index (κ3) is 2.43. The first kappa shape index (κ1) is 17.1. The van der Waals surface area contributed by atoms with Crippen molar-refractivity contribution in [1.29, 1.82) is 0 Å². The summed E-state index contributed by atoms with van der Waals surface area (Å²) in [5.41, 5.74) is 5.16. The van der Waals surface area contributed by atoms with Crippen LogP contribution in [-0.2, 0) is 12.6 Å². The van der Waals surface area contributed by atoms with Crippen molar-refractivity contribution in [3.05, 3.63) is 71.2 Å². The van der Waals surface area contributed by atoms with Crippen molar-refractivity contribution in [2.75, 3.05) is 9.80 Å². The van der Waals surface area contributed by atoms with Gasteiger partial charge in [-0.15, -0.1) is 0 Å². The number of thiazole rings is 1. The Hall–Kier alpha value is -2.33. The Morgan fingerprint density at radius 1 is 1.00 bits per heavy atom. The number of benzene rings is 2. The van der Waals surface area contributed by atoms with E-state index in [0.29, 0.717) is 0 Å². The van der Waals surface area contributed by atoms with Crippen molar-refractivity contribution >= 4 is 27.8 Å². The first-order valence-corrected chi connectivity index (χ1v) is 9.97. The van der Waals surface area contributed by atoms with Gasteiger partial charge in [0.05, 0.1) is 18.3 Å². The number of hydrogen-bond donors (Lipinski definition) is 0. The summed E-state index contributed by atoms with van der Waals surface area (Å²) in [6.45, 7) is 9.18. The molecule has 0 aliphatic carbocycles. The lowest BCUT2D eigenvalue weighted by Crippen LogP contribution is -2.50. The van der Waals surface area contributed by atoms with Gasteiger partial charge in [0.2, 0.25) is 0 Å². The molecule has 1 aliphatic rings. The van der Waals surface area contributed by atoms with Gasteiger partial charge in [-0.05, 0) is 51.0 Å². The average Bonchev–Trinajstić information content (AvgIpc) is 3.15. The fourth-order valence-electron chi connectivity index (χ4n) is 4.37. The maximum atomic E-state index is 2.56. The van der Waals surface area contributed by atoms with E-state index >= 15 is 0 Å². The van der Waals surface area contributed by atoms with E-state index in [1.165, 1.54) is 27.6 Å². The van der Waals surface area contributed by atoms with E-state index in [1.54, 1.807) is 11.3 Å². The molecule has 134 valence electrons. The van der Waals surface area contributed by atoms with Gasteiger partial charge < -0.3 is 4.90 Å². The fourth-order valence-corrected chi connectivity index (χ4v) is 5.32. The Balaban J connectivity index is 1.88. The van der Waals surface area contributed by atoms with E-state index < -0.39 is 0 Å². The molecule has 2 heterocycles. The van der Waals surface area contributed by atoms with Gasteiger partial charge >= 0.3 is 5.13 Å². The molecule has 3 aromatic rings. The highest BCUT2D eigenvalue weighted by Crippen LogP contribution is 2.49. The van der Waals surface area contributed by atoms with Crippen molar-refractivity contribution in [2.24, 2.45) is 7.05 Å². The summed E-state index contributed by atoms with van der Waals surface area (Å²) < 4.78 is 2.21. The molecule has 0 fully saturated rings. The molecule has 1 atom stereocenters.